The number of hydrogen-bond donors (Lipinski definition) is 0. The molecule has 0 bridgehead atoms. The lowest BCUT2D eigenvalue weighted by molar-refractivity contribution is -0.897. The Morgan fingerprint density at radius 2 is 1.93 bits per heavy atom. The van der Waals surface area contributed by atoms with E-state index in [0.29, 0.717) is 6.04 Å². The Bertz CT molecular complexity index is 208. The van der Waals surface area contributed by atoms with Crippen molar-refractivity contribution in [3.05, 3.63) is 0 Å². The van der Waals surface area contributed by atoms with Crippen LogP contribution in [0.2, 0.25) is 0 Å². The molecule has 1 fully saturated rings. The molecular weight excluding hydrogens is 178 g/mol. The average molecular weight is 200 g/mol. The Morgan fingerprint density at radius 1 is 1.29 bits per heavy atom. The van der Waals surface area contributed by atoms with Crippen molar-refractivity contribution in [1.82, 2.24) is 0 Å². The first-order valence-corrected chi connectivity index (χ1v) is 5.34. The number of hydrogen-bond acceptors (Lipinski definition) is 2. The van der Waals surface area contributed by atoms with Crippen LogP contribution in [0.5, 0.6) is 0 Å². The highest BCUT2D eigenvalue weighted by Crippen LogP contribution is 2.29. The van der Waals surface area contributed by atoms with Gasteiger partial charge in [0.2, 0.25) is 0 Å². The number of methoxy groups -OCH3 is 1. The Hall–Kier alpha value is -0.570. The second-order valence-electron chi connectivity index (χ2n) is 5.16. The molecule has 0 heterocycles. The third-order valence-electron chi connectivity index (χ3n) is 3.28. The standard InChI is InChI=1S/C11H22NO2/c1-12(2,3)10-7-5-6-9(8-10)11(13)14-4/h9-10H,5-8H2,1-4H3/q+1/t9-,10-/m1/s1. The van der Waals surface area contributed by atoms with E-state index in [9.17, 15) is 4.79 Å². The summed E-state index contributed by atoms with van der Waals surface area (Å²) in [6.45, 7) is 0. The normalized spacial score (nSPS) is 28.6. The van der Waals surface area contributed by atoms with Gasteiger partial charge in [-0.1, -0.05) is 0 Å². The van der Waals surface area contributed by atoms with Gasteiger partial charge in [0.25, 0.3) is 0 Å². The first kappa shape index (κ1) is 11.5. The molecule has 0 spiro atoms. The van der Waals surface area contributed by atoms with Crippen LogP contribution >= 0.6 is 0 Å². The molecule has 14 heavy (non-hydrogen) atoms. The molecule has 3 heteroatoms. The number of esters is 1. The summed E-state index contributed by atoms with van der Waals surface area (Å²) in [5.74, 6) is 0.110. The van der Waals surface area contributed by atoms with E-state index in [1.54, 1.807) is 0 Å². The summed E-state index contributed by atoms with van der Waals surface area (Å²) in [4.78, 5) is 11.4. The minimum atomic E-state index is -0.0249. The van der Waals surface area contributed by atoms with Gasteiger partial charge in [0.1, 0.15) is 0 Å². The smallest absolute Gasteiger partial charge is 0.308 e. The largest absolute Gasteiger partial charge is 0.469 e. The van der Waals surface area contributed by atoms with Crippen molar-refractivity contribution in [2.75, 3.05) is 28.3 Å². The molecule has 0 amide bonds. The lowest BCUT2D eigenvalue weighted by Gasteiger charge is -2.38. The fraction of sp³-hybridized carbons (Fsp3) is 0.909. The number of carbonyl (C=O) groups is 1. The van der Waals surface area contributed by atoms with E-state index in [2.05, 4.69) is 21.1 Å². The summed E-state index contributed by atoms with van der Waals surface area (Å²) in [5.41, 5.74) is 0. The highest BCUT2D eigenvalue weighted by molar-refractivity contribution is 5.72. The minimum Gasteiger partial charge on any atom is -0.469 e. The summed E-state index contributed by atoms with van der Waals surface area (Å²) in [5, 5.41) is 0. The van der Waals surface area contributed by atoms with Gasteiger partial charge in [0.05, 0.1) is 40.2 Å². The molecule has 1 aliphatic carbocycles. The molecule has 82 valence electrons. The van der Waals surface area contributed by atoms with Crippen LogP contribution in [0.4, 0.5) is 0 Å². The molecule has 2 atom stereocenters. The molecule has 0 N–H and O–H groups in total. The molecule has 3 nitrogen and oxygen atoms in total. The van der Waals surface area contributed by atoms with Gasteiger partial charge in [-0.3, -0.25) is 4.79 Å². The molecule has 0 radical (unpaired) electrons. The zero-order valence-electron chi connectivity index (χ0n) is 9.75. The highest BCUT2D eigenvalue weighted by atomic mass is 16.5. The zero-order valence-corrected chi connectivity index (χ0v) is 9.75. The van der Waals surface area contributed by atoms with Crippen molar-refractivity contribution in [2.24, 2.45) is 5.92 Å². The van der Waals surface area contributed by atoms with Crippen molar-refractivity contribution in [3.8, 4) is 0 Å². The van der Waals surface area contributed by atoms with Gasteiger partial charge in [-0.2, -0.15) is 0 Å². The summed E-state index contributed by atoms with van der Waals surface area (Å²) >= 11 is 0. The molecule has 0 aromatic carbocycles. The van der Waals surface area contributed by atoms with E-state index in [1.165, 1.54) is 13.5 Å². The first-order chi connectivity index (χ1) is 6.45. The second kappa shape index (κ2) is 4.30. The van der Waals surface area contributed by atoms with Gasteiger partial charge in [-0.25, -0.2) is 0 Å². The quantitative estimate of drug-likeness (QED) is 0.498. The topological polar surface area (TPSA) is 26.3 Å². The highest BCUT2D eigenvalue weighted by Gasteiger charge is 2.34. The van der Waals surface area contributed by atoms with E-state index in [4.69, 9.17) is 4.74 Å². The van der Waals surface area contributed by atoms with Crippen molar-refractivity contribution < 1.29 is 14.0 Å². The monoisotopic (exact) mass is 200 g/mol. The molecule has 0 unspecified atom stereocenters. The summed E-state index contributed by atoms with van der Waals surface area (Å²) in [6, 6.07) is 0.604. The molecular formula is C11H22NO2+. The Kier molecular flexibility index (Phi) is 3.53. The SMILES string of the molecule is COC(=O)[C@@H]1CCC[C@@H]([N+](C)(C)C)C1. The number of nitrogens with zero attached hydrogens (tertiary/aromatic N) is 1. The van der Waals surface area contributed by atoms with E-state index in [-0.39, 0.29) is 11.9 Å². The maximum atomic E-state index is 11.4. The van der Waals surface area contributed by atoms with Crippen LogP contribution in [0.3, 0.4) is 0 Å². The number of ether oxygens (including phenoxy) is 1. The summed E-state index contributed by atoms with van der Waals surface area (Å²) < 4.78 is 5.76. The van der Waals surface area contributed by atoms with Gasteiger partial charge >= 0.3 is 5.97 Å². The molecule has 1 aliphatic rings. The molecule has 1 saturated carbocycles. The van der Waals surface area contributed by atoms with Crippen molar-refractivity contribution in [2.45, 2.75) is 31.7 Å². The van der Waals surface area contributed by atoms with Crippen molar-refractivity contribution >= 4 is 5.97 Å². The van der Waals surface area contributed by atoms with Gasteiger partial charge in [-0.05, 0) is 19.3 Å². The van der Waals surface area contributed by atoms with Crippen LogP contribution in [0, 0.1) is 5.92 Å². The fourth-order valence-corrected chi connectivity index (χ4v) is 2.25. The van der Waals surface area contributed by atoms with E-state index < -0.39 is 0 Å². The van der Waals surface area contributed by atoms with Crippen LogP contribution in [0.15, 0.2) is 0 Å². The maximum Gasteiger partial charge on any atom is 0.308 e. The van der Waals surface area contributed by atoms with Crippen molar-refractivity contribution in [3.63, 3.8) is 0 Å². The van der Waals surface area contributed by atoms with Crippen LogP contribution in [-0.4, -0.2) is 44.7 Å². The van der Waals surface area contributed by atoms with Crippen LogP contribution < -0.4 is 0 Å². The summed E-state index contributed by atoms with van der Waals surface area (Å²) in [7, 11) is 8.08. The van der Waals surface area contributed by atoms with Crippen LogP contribution in [0.1, 0.15) is 25.7 Å². The lowest BCUT2D eigenvalue weighted by atomic mass is 9.84. The molecule has 0 aromatic heterocycles. The van der Waals surface area contributed by atoms with Crippen LogP contribution in [-0.2, 0) is 9.53 Å². The minimum absolute atomic E-state index is 0.0249. The van der Waals surface area contributed by atoms with Crippen molar-refractivity contribution in [1.29, 1.82) is 0 Å². The third-order valence-corrected chi connectivity index (χ3v) is 3.28. The third kappa shape index (κ3) is 2.71. The Labute approximate surface area is 86.6 Å². The Balaban J connectivity index is 2.56. The van der Waals surface area contributed by atoms with E-state index in [0.717, 1.165) is 23.7 Å². The fourth-order valence-electron chi connectivity index (χ4n) is 2.25. The van der Waals surface area contributed by atoms with Gasteiger partial charge in [0, 0.05) is 6.42 Å². The maximum absolute atomic E-state index is 11.4. The molecule has 0 aromatic rings. The van der Waals surface area contributed by atoms with Gasteiger partial charge < -0.3 is 9.22 Å². The van der Waals surface area contributed by atoms with Crippen LogP contribution in [0.25, 0.3) is 0 Å². The first-order valence-electron chi connectivity index (χ1n) is 5.34. The number of quaternary nitrogens is 1. The molecule has 0 aliphatic heterocycles. The summed E-state index contributed by atoms with van der Waals surface area (Å²) in [6.07, 6.45) is 4.37. The molecule has 0 saturated heterocycles. The van der Waals surface area contributed by atoms with E-state index >= 15 is 0 Å². The van der Waals surface area contributed by atoms with Gasteiger partial charge in [0.15, 0.2) is 0 Å². The predicted octanol–water partition coefficient (Wildman–Crippen LogP) is 1.42. The molecule has 1 rings (SSSR count). The second-order valence-corrected chi connectivity index (χ2v) is 5.16. The lowest BCUT2D eigenvalue weighted by Crippen LogP contribution is -2.48. The predicted molar refractivity (Wildman–Crippen MR) is 55.8 cm³/mol. The van der Waals surface area contributed by atoms with E-state index in [1.807, 2.05) is 0 Å². The number of rotatable bonds is 2. The average Bonchev–Trinajstić information content (AvgIpc) is 2.15. The number of carbonyl (C=O) groups excluding carboxylic acids is 1. The van der Waals surface area contributed by atoms with Gasteiger partial charge in [-0.15, -0.1) is 0 Å². The Morgan fingerprint density at radius 3 is 2.43 bits per heavy atom. The zero-order chi connectivity index (χ0) is 10.8.